The van der Waals surface area contributed by atoms with Crippen molar-refractivity contribution in [2.45, 2.75) is 44.9 Å². The van der Waals surface area contributed by atoms with E-state index in [1.807, 2.05) is 0 Å². The molecule has 1 aromatic heterocycles. The Balaban J connectivity index is 1.98. The molecule has 0 spiro atoms. The summed E-state index contributed by atoms with van der Waals surface area (Å²) in [6.07, 6.45) is 5.34. The zero-order chi connectivity index (χ0) is 14.8. The minimum absolute atomic E-state index is 0.176. The van der Waals surface area contributed by atoms with E-state index >= 15 is 0 Å². The molecule has 112 valence electrons. The molecule has 0 amide bonds. The van der Waals surface area contributed by atoms with Gasteiger partial charge in [-0.1, -0.05) is 38.0 Å². The van der Waals surface area contributed by atoms with Gasteiger partial charge in [0.05, 0.1) is 5.92 Å². The van der Waals surface area contributed by atoms with E-state index in [4.69, 9.17) is 0 Å². The second kappa shape index (κ2) is 6.18. The number of carbonyl (C=O) groups is 1. The lowest BCUT2D eigenvalue weighted by Crippen LogP contribution is -2.29. The number of carboxylic acid groups (broad SMARTS) is 1. The van der Waals surface area contributed by atoms with Gasteiger partial charge in [0.1, 0.15) is 0 Å². The molecule has 1 fully saturated rings. The minimum Gasteiger partial charge on any atom is -0.481 e. The van der Waals surface area contributed by atoms with Crippen LogP contribution in [-0.2, 0) is 4.79 Å². The first-order chi connectivity index (χ1) is 10.2. The van der Waals surface area contributed by atoms with Crippen LogP contribution >= 0.6 is 11.3 Å². The molecular formula is C18H22O2S. The number of hydrogen-bond acceptors (Lipinski definition) is 2. The SMILES string of the molecule is CCCC1CCC(C(=O)O)C(c2cccc3ccsc23)C1. The molecule has 3 rings (SSSR count). The van der Waals surface area contributed by atoms with Crippen molar-refractivity contribution in [3.8, 4) is 0 Å². The van der Waals surface area contributed by atoms with Crippen LogP contribution in [0.25, 0.3) is 10.1 Å². The van der Waals surface area contributed by atoms with E-state index in [9.17, 15) is 9.90 Å². The third kappa shape index (κ3) is 2.84. The minimum atomic E-state index is -0.622. The molecule has 3 heteroatoms. The largest absolute Gasteiger partial charge is 0.481 e. The molecule has 21 heavy (non-hydrogen) atoms. The van der Waals surface area contributed by atoms with Crippen molar-refractivity contribution in [3.05, 3.63) is 35.2 Å². The summed E-state index contributed by atoms with van der Waals surface area (Å²) in [6, 6.07) is 8.48. The van der Waals surface area contributed by atoms with Crippen LogP contribution in [0.5, 0.6) is 0 Å². The van der Waals surface area contributed by atoms with Gasteiger partial charge in [0.2, 0.25) is 0 Å². The maximum absolute atomic E-state index is 11.7. The Labute approximate surface area is 129 Å². The van der Waals surface area contributed by atoms with Gasteiger partial charge in [0, 0.05) is 4.70 Å². The molecule has 2 aromatic rings. The highest BCUT2D eigenvalue weighted by Crippen LogP contribution is 2.45. The normalized spacial score (nSPS) is 26.0. The van der Waals surface area contributed by atoms with Gasteiger partial charge >= 0.3 is 5.97 Å². The fraction of sp³-hybridized carbons (Fsp3) is 0.500. The predicted molar refractivity (Wildman–Crippen MR) is 87.9 cm³/mol. The van der Waals surface area contributed by atoms with E-state index in [-0.39, 0.29) is 11.8 Å². The van der Waals surface area contributed by atoms with Gasteiger partial charge in [-0.15, -0.1) is 11.3 Å². The van der Waals surface area contributed by atoms with Crippen molar-refractivity contribution in [2.75, 3.05) is 0 Å². The zero-order valence-electron chi connectivity index (χ0n) is 12.4. The van der Waals surface area contributed by atoms with Gasteiger partial charge < -0.3 is 5.11 Å². The van der Waals surface area contributed by atoms with Gasteiger partial charge in [-0.25, -0.2) is 0 Å². The van der Waals surface area contributed by atoms with Crippen LogP contribution in [0.2, 0.25) is 0 Å². The van der Waals surface area contributed by atoms with E-state index in [0.717, 1.165) is 19.3 Å². The number of thiophene rings is 1. The quantitative estimate of drug-likeness (QED) is 0.833. The zero-order valence-corrected chi connectivity index (χ0v) is 13.2. The summed E-state index contributed by atoms with van der Waals surface area (Å²) in [4.78, 5) is 11.7. The Morgan fingerprint density at radius 1 is 1.33 bits per heavy atom. The molecule has 0 aliphatic heterocycles. The van der Waals surface area contributed by atoms with E-state index in [1.165, 1.54) is 28.5 Å². The van der Waals surface area contributed by atoms with Gasteiger partial charge in [0.25, 0.3) is 0 Å². The fourth-order valence-electron chi connectivity index (χ4n) is 3.88. The number of rotatable bonds is 4. The molecule has 1 heterocycles. The molecule has 1 aliphatic carbocycles. The molecule has 2 nitrogen and oxygen atoms in total. The first-order valence-electron chi connectivity index (χ1n) is 7.89. The van der Waals surface area contributed by atoms with Crippen LogP contribution in [0.15, 0.2) is 29.6 Å². The average molecular weight is 302 g/mol. The van der Waals surface area contributed by atoms with E-state index in [0.29, 0.717) is 5.92 Å². The van der Waals surface area contributed by atoms with Crippen LogP contribution < -0.4 is 0 Å². The Morgan fingerprint density at radius 3 is 2.95 bits per heavy atom. The number of carboxylic acids is 1. The number of fused-ring (bicyclic) bond motifs is 1. The van der Waals surface area contributed by atoms with Crippen LogP contribution in [0.1, 0.15) is 50.5 Å². The topological polar surface area (TPSA) is 37.3 Å². The molecular weight excluding hydrogens is 280 g/mol. The first-order valence-corrected chi connectivity index (χ1v) is 8.77. The maximum Gasteiger partial charge on any atom is 0.307 e. The third-order valence-corrected chi connectivity index (χ3v) is 5.86. The highest BCUT2D eigenvalue weighted by Gasteiger charge is 2.36. The van der Waals surface area contributed by atoms with Gasteiger partial charge in [-0.3, -0.25) is 4.79 Å². The molecule has 0 saturated heterocycles. The van der Waals surface area contributed by atoms with Gasteiger partial charge in [-0.05, 0) is 53.5 Å². The van der Waals surface area contributed by atoms with Crippen molar-refractivity contribution in [2.24, 2.45) is 11.8 Å². The van der Waals surface area contributed by atoms with Crippen molar-refractivity contribution < 1.29 is 9.90 Å². The Bertz CT molecular complexity index is 631. The van der Waals surface area contributed by atoms with E-state index in [1.54, 1.807) is 11.3 Å². The van der Waals surface area contributed by atoms with E-state index < -0.39 is 5.97 Å². The summed E-state index contributed by atoms with van der Waals surface area (Å²) >= 11 is 1.74. The summed E-state index contributed by atoms with van der Waals surface area (Å²) < 4.78 is 1.28. The van der Waals surface area contributed by atoms with Crippen LogP contribution in [0.3, 0.4) is 0 Å². The molecule has 0 radical (unpaired) electrons. The van der Waals surface area contributed by atoms with Crippen molar-refractivity contribution in [3.63, 3.8) is 0 Å². The van der Waals surface area contributed by atoms with Crippen LogP contribution in [0, 0.1) is 11.8 Å². The number of benzene rings is 1. The summed E-state index contributed by atoms with van der Waals surface area (Å²) in [6.45, 7) is 2.22. The smallest absolute Gasteiger partial charge is 0.307 e. The maximum atomic E-state index is 11.7. The highest BCUT2D eigenvalue weighted by atomic mass is 32.1. The monoisotopic (exact) mass is 302 g/mol. The summed E-state index contributed by atoms with van der Waals surface area (Å²) in [7, 11) is 0. The molecule has 1 aromatic carbocycles. The fourth-order valence-corrected chi connectivity index (χ4v) is 4.85. The lowest BCUT2D eigenvalue weighted by molar-refractivity contribution is -0.143. The predicted octanol–water partition coefficient (Wildman–Crippen LogP) is 5.29. The summed E-state index contributed by atoms with van der Waals surface area (Å²) in [5, 5.41) is 13.0. The average Bonchev–Trinajstić information content (AvgIpc) is 2.95. The highest BCUT2D eigenvalue weighted by molar-refractivity contribution is 7.17. The number of aliphatic carboxylic acids is 1. The Morgan fingerprint density at radius 2 is 2.19 bits per heavy atom. The van der Waals surface area contributed by atoms with Crippen molar-refractivity contribution in [1.29, 1.82) is 0 Å². The molecule has 1 saturated carbocycles. The van der Waals surface area contributed by atoms with Gasteiger partial charge in [-0.2, -0.15) is 0 Å². The summed E-state index contributed by atoms with van der Waals surface area (Å²) in [5.74, 6) is 0.0234. The van der Waals surface area contributed by atoms with Crippen molar-refractivity contribution in [1.82, 2.24) is 0 Å². The lowest BCUT2D eigenvalue weighted by Gasteiger charge is -2.34. The molecule has 3 unspecified atom stereocenters. The van der Waals surface area contributed by atoms with Crippen molar-refractivity contribution >= 4 is 27.4 Å². The second-order valence-corrected chi connectivity index (χ2v) is 7.12. The third-order valence-electron chi connectivity index (χ3n) is 4.88. The molecule has 1 N–H and O–H groups in total. The standard InChI is InChI=1S/C18H22O2S/c1-2-4-12-7-8-15(18(19)20)16(11-12)14-6-3-5-13-9-10-21-17(13)14/h3,5-6,9-10,12,15-16H,2,4,7-8,11H2,1H3,(H,19,20). The Kier molecular flexibility index (Phi) is 4.29. The summed E-state index contributed by atoms with van der Waals surface area (Å²) in [5.41, 5.74) is 1.26. The Hall–Kier alpha value is -1.35. The van der Waals surface area contributed by atoms with E-state index in [2.05, 4.69) is 36.6 Å². The van der Waals surface area contributed by atoms with Crippen LogP contribution in [0.4, 0.5) is 0 Å². The molecule has 1 aliphatic rings. The number of hydrogen-bond donors (Lipinski definition) is 1. The molecule has 0 bridgehead atoms. The van der Waals surface area contributed by atoms with Crippen LogP contribution in [-0.4, -0.2) is 11.1 Å². The molecule has 3 atom stereocenters. The van der Waals surface area contributed by atoms with Gasteiger partial charge in [0.15, 0.2) is 0 Å². The lowest BCUT2D eigenvalue weighted by atomic mass is 9.70. The second-order valence-electron chi connectivity index (χ2n) is 6.21. The first kappa shape index (κ1) is 14.6.